The van der Waals surface area contributed by atoms with Gasteiger partial charge in [0.25, 0.3) is 0 Å². The fourth-order valence-corrected chi connectivity index (χ4v) is 1.84. The molecule has 0 saturated carbocycles. The van der Waals surface area contributed by atoms with Crippen molar-refractivity contribution in [3.05, 3.63) is 28.2 Å². The first-order chi connectivity index (χ1) is 8.97. The van der Waals surface area contributed by atoms with Crippen molar-refractivity contribution in [1.29, 1.82) is 0 Å². The summed E-state index contributed by atoms with van der Waals surface area (Å²) in [5, 5.41) is 18.2. The van der Waals surface area contributed by atoms with Gasteiger partial charge in [0, 0.05) is 24.8 Å². The molecule has 0 bridgehead atoms. The molecule has 0 radical (unpaired) electrons. The highest BCUT2D eigenvalue weighted by atomic mass is 16.4. The molecule has 0 spiro atoms. The third kappa shape index (κ3) is 4.40. The fourth-order valence-electron chi connectivity index (χ4n) is 1.84. The molecule has 1 aromatic heterocycles. The number of carbonyl (C=O) groups is 1. The molecule has 1 aromatic rings. The molecule has 19 heavy (non-hydrogen) atoms. The van der Waals surface area contributed by atoms with Gasteiger partial charge in [-0.05, 0) is 13.1 Å². The molecular formula is C13H20N2O4. The average Bonchev–Trinajstić information content (AvgIpc) is 2.37. The van der Waals surface area contributed by atoms with Crippen LogP contribution in [0.3, 0.4) is 0 Å². The van der Waals surface area contributed by atoms with Crippen LogP contribution in [0.15, 0.2) is 17.1 Å². The maximum atomic E-state index is 11.5. The summed E-state index contributed by atoms with van der Waals surface area (Å²) in [6.45, 7) is 6.50. The van der Waals surface area contributed by atoms with Gasteiger partial charge < -0.3 is 14.8 Å². The third-order valence-corrected chi connectivity index (χ3v) is 3.04. The molecule has 0 aliphatic carbocycles. The smallest absolute Gasteiger partial charge is 0.305 e. The van der Waals surface area contributed by atoms with Crippen LogP contribution in [0.2, 0.25) is 0 Å². The summed E-state index contributed by atoms with van der Waals surface area (Å²) in [6, 6.07) is 1.37. The van der Waals surface area contributed by atoms with Crippen LogP contribution in [0.4, 0.5) is 0 Å². The van der Waals surface area contributed by atoms with E-state index in [1.165, 1.54) is 12.3 Å². The van der Waals surface area contributed by atoms with Gasteiger partial charge in [0.15, 0.2) is 5.75 Å². The lowest BCUT2D eigenvalue weighted by molar-refractivity contribution is -0.137. The number of hydrogen-bond acceptors (Lipinski definition) is 4. The molecule has 0 aliphatic rings. The Balaban J connectivity index is 3.01. The maximum absolute atomic E-state index is 11.5. The van der Waals surface area contributed by atoms with Gasteiger partial charge in [0.2, 0.25) is 5.43 Å². The van der Waals surface area contributed by atoms with Crippen molar-refractivity contribution < 1.29 is 15.0 Å². The fraction of sp³-hybridized carbons (Fsp3) is 0.538. The highest BCUT2D eigenvalue weighted by molar-refractivity contribution is 5.66. The van der Waals surface area contributed by atoms with Crippen LogP contribution in [0, 0.1) is 0 Å². The van der Waals surface area contributed by atoms with Crippen LogP contribution in [-0.2, 0) is 17.9 Å². The van der Waals surface area contributed by atoms with Crippen molar-refractivity contribution >= 4 is 5.97 Å². The molecule has 6 nitrogen and oxygen atoms in total. The normalized spacial score (nSPS) is 10.9. The van der Waals surface area contributed by atoms with Crippen LogP contribution in [0.5, 0.6) is 5.75 Å². The van der Waals surface area contributed by atoms with E-state index < -0.39 is 11.4 Å². The molecule has 0 unspecified atom stereocenters. The van der Waals surface area contributed by atoms with Crippen LogP contribution in [0.25, 0.3) is 0 Å². The van der Waals surface area contributed by atoms with Gasteiger partial charge in [-0.15, -0.1) is 0 Å². The number of pyridine rings is 1. The van der Waals surface area contributed by atoms with E-state index in [0.717, 1.165) is 13.1 Å². The Morgan fingerprint density at radius 2 is 2.00 bits per heavy atom. The van der Waals surface area contributed by atoms with Gasteiger partial charge in [0.1, 0.15) is 0 Å². The van der Waals surface area contributed by atoms with E-state index in [4.69, 9.17) is 5.11 Å². The van der Waals surface area contributed by atoms with Crippen LogP contribution >= 0.6 is 0 Å². The standard InChI is InChI=1S/C13H20N2O4/c1-3-14(4-2)8-10-7-11(16)12(17)9-15(10)6-5-13(18)19/h7,9,17H,3-6,8H2,1-2H3,(H,18,19). The van der Waals surface area contributed by atoms with Gasteiger partial charge in [-0.2, -0.15) is 0 Å². The summed E-state index contributed by atoms with van der Waals surface area (Å²) in [4.78, 5) is 24.2. The van der Waals surface area contributed by atoms with E-state index in [2.05, 4.69) is 4.90 Å². The zero-order valence-electron chi connectivity index (χ0n) is 11.3. The van der Waals surface area contributed by atoms with Gasteiger partial charge in [-0.25, -0.2) is 0 Å². The predicted octanol–water partition coefficient (Wildman–Crippen LogP) is 0.870. The molecule has 0 atom stereocenters. The largest absolute Gasteiger partial charge is 0.503 e. The minimum atomic E-state index is -0.910. The molecule has 0 fully saturated rings. The number of aliphatic carboxylic acids is 1. The molecule has 1 rings (SSSR count). The number of aromatic hydroxyl groups is 1. The lowest BCUT2D eigenvalue weighted by Crippen LogP contribution is -2.26. The second kappa shape index (κ2) is 6.94. The number of carboxylic acids is 1. The average molecular weight is 268 g/mol. The molecule has 0 saturated heterocycles. The van der Waals surface area contributed by atoms with Crippen molar-refractivity contribution in [2.75, 3.05) is 13.1 Å². The van der Waals surface area contributed by atoms with Crippen molar-refractivity contribution in [2.45, 2.75) is 33.4 Å². The van der Waals surface area contributed by atoms with Gasteiger partial charge in [0.05, 0.1) is 12.6 Å². The summed E-state index contributed by atoms with van der Waals surface area (Å²) in [5.41, 5.74) is 0.279. The number of hydrogen-bond donors (Lipinski definition) is 2. The molecule has 106 valence electrons. The number of rotatable bonds is 7. The molecule has 0 amide bonds. The number of nitrogens with zero attached hydrogens (tertiary/aromatic N) is 2. The number of aromatic nitrogens is 1. The zero-order chi connectivity index (χ0) is 14.4. The van der Waals surface area contributed by atoms with E-state index in [-0.39, 0.29) is 18.7 Å². The topological polar surface area (TPSA) is 82.8 Å². The lowest BCUT2D eigenvalue weighted by atomic mass is 10.2. The van der Waals surface area contributed by atoms with Crippen molar-refractivity contribution in [3.8, 4) is 5.75 Å². The van der Waals surface area contributed by atoms with Crippen molar-refractivity contribution in [2.24, 2.45) is 0 Å². The third-order valence-electron chi connectivity index (χ3n) is 3.04. The van der Waals surface area contributed by atoms with Gasteiger partial charge >= 0.3 is 5.97 Å². The van der Waals surface area contributed by atoms with Gasteiger partial charge in [-0.1, -0.05) is 13.8 Å². The first-order valence-corrected chi connectivity index (χ1v) is 6.34. The van der Waals surface area contributed by atoms with Gasteiger partial charge in [-0.3, -0.25) is 14.5 Å². The Labute approximate surface area is 111 Å². The summed E-state index contributed by atoms with van der Waals surface area (Å²) in [7, 11) is 0. The van der Waals surface area contributed by atoms with Crippen LogP contribution < -0.4 is 5.43 Å². The maximum Gasteiger partial charge on any atom is 0.305 e. The van der Waals surface area contributed by atoms with Crippen LogP contribution in [-0.4, -0.2) is 38.7 Å². The Morgan fingerprint density at radius 1 is 1.37 bits per heavy atom. The Morgan fingerprint density at radius 3 is 2.53 bits per heavy atom. The Kier molecular flexibility index (Phi) is 5.57. The summed E-state index contributed by atoms with van der Waals surface area (Å²) >= 11 is 0. The zero-order valence-corrected chi connectivity index (χ0v) is 11.3. The highest BCUT2D eigenvalue weighted by Gasteiger charge is 2.10. The van der Waals surface area contributed by atoms with E-state index in [9.17, 15) is 14.7 Å². The quantitative estimate of drug-likeness (QED) is 0.766. The summed E-state index contributed by atoms with van der Waals surface area (Å²) in [6.07, 6.45) is 1.26. The molecule has 6 heteroatoms. The molecule has 1 heterocycles. The SMILES string of the molecule is CCN(CC)Cc1cc(=O)c(O)cn1CCC(=O)O. The Hall–Kier alpha value is -1.82. The summed E-state index contributed by atoms with van der Waals surface area (Å²) < 4.78 is 1.63. The van der Waals surface area contributed by atoms with E-state index >= 15 is 0 Å². The second-order valence-corrected chi connectivity index (χ2v) is 4.31. The van der Waals surface area contributed by atoms with Crippen molar-refractivity contribution in [1.82, 2.24) is 9.47 Å². The predicted molar refractivity (Wildman–Crippen MR) is 71.2 cm³/mol. The lowest BCUT2D eigenvalue weighted by Gasteiger charge is -2.21. The first kappa shape index (κ1) is 15.2. The van der Waals surface area contributed by atoms with Crippen LogP contribution in [0.1, 0.15) is 26.0 Å². The minimum Gasteiger partial charge on any atom is -0.503 e. The van der Waals surface area contributed by atoms with E-state index in [1.54, 1.807) is 4.57 Å². The monoisotopic (exact) mass is 268 g/mol. The molecule has 2 N–H and O–H groups in total. The van der Waals surface area contributed by atoms with Crippen molar-refractivity contribution in [3.63, 3.8) is 0 Å². The summed E-state index contributed by atoms with van der Waals surface area (Å²) in [5.74, 6) is -1.26. The minimum absolute atomic E-state index is 0.0481. The second-order valence-electron chi connectivity index (χ2n) is 4.31. The highest BCUT2D eigenvalue weighted by Crippen LogP contribution is 2.09. The molecule has 0 aromatic carbocycles. The first-order valence-electron chi connectivity index (χ1n) is 6.34. The number of carboxylic acid groups (broad SMARTS) is 1. The Bertz CT molecular complexity index is 492. The molecular weight excluding hydrogens is 248 g/mol. The van der Waals surface area contributed by atoms with E-state index in [1.807, 2.05) is 13.8 Å². The van der Waals surface area contributed by atoms with E-state index in [0.29, 0.717) is 12.2 Å². The molecule has 0 aliphatic heterocycles. The number of aryl methyl sites for hydroxylation is 1.